The lowest BCUT2D eigenvalue weighted by molar-refractivity contribution is -0.387. The molecule has 0 aliphatic rings. The number of hydrogen-bond acceptors (Lipinski definition) is 4. The highest BCUT2D eigenvalue weighted by Gasteiger charge is 2.27. The van der Waals surface area contributed by atoms with Gasteiger partial charge in [-0.25, -0.2) is 8.42 Å². The van der Waals surface area contributed by atoms with Crippen molar-refractivity contribution in [3.63, 3.8) is 0 Å². The topological polar surface area (TPSA) is 89.3 Å². The van der Waals surface area contributed by atoms with Crippen molar-refractivity contribution in [3.05, 3.63) is 62.1 Å². The number of nitrogens with one attached hydrogen (secondary N) is 1. The minimum Gasteiger partial charge on any atom is -0.279 e. The van der Waals surface area contributed by atoms with Gasteiger partial charge in [0.1, 0.15) is 0 Å². The Labute approximate surface area is 136 Å². The van der Waals surface area contributed by atoms with E-state index in [2.05, 4.69) is 20.7 Å². The van der Waals surface area contributed by atoms with Crippen LogP contribution >= 0.6 is 15.9 Å². The summed E-state index contributed by atoms with van der Waals surface area (Å²) in [6, 6.07) is 9.10. The summed E-state index contributed by atoms with van der Waals surface area (Å²) in [6.45, 7) is 3.39. The molecule has 22 heavy (non-hydrogen) atoms. The van der Waals surface area contributed by atoms with Gasteiger partial charge in [0, 0.05) is 16.2 Å². The third kappa shape index (κ3) is 3.28. The molecule has 2 rings (SSSR count). The molecule has 0 aromatic heterocycles. The van der Waals surface area contributed by atoms with Gasteiger partial charge in [-0.1, -0.05) is 34.1 Å². The van der Waals surface area contributed by atoms with E-state index in [4.69, 9.17) is 0 Å². The molecule has 0 aliphatic carbocycles. The fraction of sp³-hybridized carbons (Fsp3) is 0.143. The van der Waals surface area contributed by atoms with Gasteiger partial charge in [-0.15, -0.1) is 0 Å². The number of aryl methyl sites for hydroxylation is 2. The Morgan fingerprint density at radius 3 is 2.41 bits per heavy atom. The number of nitro benzene ring substituents is 1. The molecule has 0 heterocycles. The molecule has 8 heteroatoms. The Morgan fingerprint density at radius 2 is 1.82 bits per heavy atom. The van der Waals surface area contributed by atoms with E-state index in [0.717, 1.165) is 10.0 Å². The molecule has 0 aliphatic heterocycles. The van der Waals surface area contributed by atoms with E-state index in [1.807, 2.05) is 6.92 Å². The second-order valence-corrected chi connectivity index (χ2v) is 7.22. The summed E-state index contributed by atoms with van der Waals surface area (Å²) in [5.74, 6) is 0. The summed E-state index contributed by atoms with van der Waals surface area (Å²) in [7, 11) is -4.06. The van der Waals surface area contributed by atoms with E-state index in [9.17, 15) is 18.5 Å². The zero-order valence-corrected chi connectivity index (χ0v) is 14.2. The molecule has 0 amide bonds. The van der Waals surface area contributed by atoms with E-state index in [1.165, 1.54) is 25.1 Å². The maximum absolute atomic E-state index is 12.5. The lowest BCUT2D eigenvalue weighted by Gasteiger charge is -2.11. The first-order valence-corrected chi connectivity index (χ1v) is 8.53. The fourth-order valence-corrected chi connectivity index (χ4v) is 3.82. The Morgan fingerprint density at radius 1 is 1.14 bits per heavy atom. The molecule has 116 valence electrons. The van der Waals surface area contributed by atoms with Gasteiger partial charge in [0.05, 0.1) is 4.92 Å². The predicted molar refractivity (Wildman–Crippen MR) is 87.5 cm³/mol. The van der Waals surface area contributed by atoms with Crippen LogP contribution in [-0.4, -0.2) is 13.3 Å². The van der Waals surface area contributed by atoms with Crippen LogP contribution in [0.3, 0.4) is 0 Å². The third-order valence-electron chi connectivity index (χ3n) is 3.08. The first-order chi connectivity index (χ1) is 10.2. The standard InChI is InChI=1S/C14H13BrN2O4S/c1-9-6-7-11(8-12(9)15)16-22(20,21)14-10(2)4-3-5-13(14)17(18)19/h3-8,16H,1-2H3. The van der Waals surface area contributed by atoms with Crippen LogP contribution in [0, 0.1) is 24.0 Å². The highest BCUT2D eigenvalue weighted by Crippen LogP contribution is 2.29. The van der Waals surface area contributed by atoms with Crippen molar-refractivity contribution in [2.24, 2.45) is 0 Å². The van der Waals surface area contributed by atoms with Crippen LogP contribution < -0.4 is 4.72 Å². The maximum Gasteiger partial charge on any atom is 0.290 e. The molecule has 0 fully saturated rings. The predicted octanol–water partition coefficient (Wildman–Crippen LogP) is 3.77. The minimum atomic E-state index is -4.06. The molecule has 0 bridgehead atoms. The smallest absolute Gasteiger partial charge is 0.279 e. The number of nitrogens with zero attached hydrogens (tertiary/aromatic N) is 1. The molecule has 0 saturated carbocycles. The van der Waals surface area contributed by atoms with Gasteiger partial charge in [-0.05, 0) is 37.1 Å². The van der Waals surface area contributed by atoms with Gasteiger partial charge in [0.25, 0.3) is 15.7 Å². The minimum absolute atomic E-state index is 0.313. The Kier molecular flexibility index (Phi) is 4.52. The van der Waals surface area contributed by atoms with Gasteiger partial charge in [-0.2, -0.15) is 0 Å². The number of rotatable bonds is 4. The number of nitro groups is 1. The van der Waals surface area contributed by atoms with Crippen LogP contribution in [0.15, 0.2) is 45.8 Å². The first-order valence-electron chi connectivity index (χ1n) is 6.25. The molecule has 0 atom stereocenters. The number of sulfonamides is 1. The van der Waals surface area contributed by atoms with Crippen LogP contribution in [-0.2, 0) is 10.0 Å². The van der Waals surface area contributed by atoms with Gasteiger partial charge in [-0.3, -0.25) is 14.8 Å². The van der Waals surface area contributed by atoms with Crippen molar-refractivity contribution < 1.29 is 13.3 Å². The Hall–Kier alpha value is -1.93. The van der Waals surface area contributed by atoms with Crippen molar-refractivity contribution in [1.29, 1.82) is 0 Å². The summed E-state index contributed by atoms with van der Waals surface area (Å²) in [5.41, 5.74) is 1.14. The molecule has 0 radical (unpaired) electrons. The average molecular weight is 385 g/mol. The average Bonchev–Trinajstić information content (AvgIpc) is 2.42. The van der Waals surface area contributed by atoms with Crippen molar-refractivity contribution in [2.75, 3.05) is 4.72 Å². The molecular formula is C14H13BrN2O4S. The zero-order chi connectivity index (χ0) is 16.5. The van der Waals surface area contributed by atoms with E-state index in [1.54, 1.807) is 18.2 Å². The van der Waals surface area contributed by atoms with Crippen LogP contribution in [0.25, 0.3) is 0 Å². The highest BCUT2D eigenvalue weighted by molar-refractivity contribution is 9.10. The second kappa shape index (κ2) is 6.05. The van der Waals surface area contributed by atoms with Crippen molar-refractivity contribution >= 4 is 37.3 Å². The van der Waals surface area contributed by atoms with Crippen LogP contribution in [0.4, 0.5) is 11.4 Å². The highest BCUT2D eigenvalue weighted by atomic mass is 79.9. The molecular weight excluding hydrogens is 372 g/mol. The van der Waals surface area contributed by atoms with Gasteiger partial charge in [0.15, 0.2) is 4.90 Å². The first kappa shape index (κ1) is 16.4. The Balaban J connectivity index is 2.51. The Bertz CT molecular complexity index is 850. The maximum atomic E-state index is 12.5. The third-order valence-corrected chi connectivity index (χ3v) is 5.51. The van der Waals surface area contributed by atoms with Crippen LogP contribution in [0.1, 0.15) is 11.1 Å². The summed E-state index contributed by atoms with van der Waals surface area (Å²) in [6.07, 6.45) is 0. The van der Waals surface area contributed by atoms with Crippen molar-refractivity contribution in [3.8, 4) is 0 Å². The molecule has 6 nitrogen and oxygen atoms in total. The largest absolute Gasteiger partial charge is 0.290 e. The lowest BCUT2D eigenvalue weighted by atomic mass is 10.2. The molecule has 1 N–H and O–H groups in total. The summed E-state index contributed by atoms with van der Waals surface area (Å²) in [4.78, 5) is 10.1. The summed E-state index contributed by atoms with van der Waals surface area (Å²) < 4.78 is 28.1. The molecule has 0 spiro atoms. The van der Waals surface area contributed by atoms with Crippen molar-refractivity contribution in [2.45, 2.75) is 18.7 Å². The molecule has 2 aromatic rings. The van der Waals surface area contributed by atoms with E-state index in [0.29, 0.717) is 11.3 Å². The zero-order valence-electron chi connectivity index (χ0n) is 11.8. The molecule has 0 unspecified atom stereocenters. The molecule has 2 aromatic carbocycles. The number of anilines is 1. The number of hydrogen-bond donors (Lipinski definition) is 1. The number of benzene rings is 2. The van der Waals surface area contributed by atoms with E-state index >= 15 is 0 Å². The van der Waals surface area contributed by atoms with Crippen LogP contribution in [0.2, 0.25) is 0 Å². The van der Waals surface area contributed by atoms with Crippen molar-refractivity contribution in [1.82, 2.24) is 0 Å². The lowest BCUT2D eigenvalue weighted by Crippen LogP contribution is -2.16. The van der Waals surface area contributed by atoms with Crippen LogP contribution in [0.5, 0.6) is 0 Å². The number of halogens is 1. The normalized spacial score (nSPS) is 11.2. The second-order valence-electron chi connectivity index (χ2n) is 4.75. The molecule has 0 saturated heterocycles. The van der Waals surface area contributed by atoms with Gasteiger partial charge >= 0.3 is 0 Å². The quantitative estimate of drug-likeness (QED) is 0.641. The van der Waals surface area contributed by atoms with Gasteiger partial charge < -0.3 is 0 Å². The van der Waals surface area contributed by atoms with E-state index < -0.39 is 20.6 Å². The summed E-state index contributed by atoms with van der Waals surface area (Å²) >= 11 is 3.32. The fourth-order valence-electron chi connectivity index (χ4n) is 1.99. The summed E-state index contributed by atoms with van der Waals surface area (Å²) in [5, 5.41) is 11.1. The SMILES string of the molecule is Cc1ccc(NS(=O)(=O)c2c(C)cccc2[N+](=O)[O-])cc1Br. The van der Waals surface area contributed by atoms with Gasteiger partial charge in [0.2, 0.25) is 0 Å². The monoisotopic (exact) mass is 384 g/mol. The van der Waals surface area contributed by atoms with E-state index in [-0.39, 0.29) is 4.90 Å².